The molecular weight excluding hydrogens is 525 g/mol. The molecule has 5 aromatic rings. The van der Waals surface area contributed by atoms with E-state index in [1.807, 2.05) is 18.2 Å². The lowest BCUT2D eigenvalue weighted by Crippen LogP contribution is -2.37. The summed E-state index contributed by atoms with van der Waals surface area (Å²) in [6.45, 7) is 1.67. The van der Waals surface area contributed by atoms with Crippen LogP contribution in [0.2, 0.25) is 0 Å². The molecule has 0 aliphatic heterocycles. The van der Waals surface area contributed by atoms with Gasteiger partial charge in [-0.05, 0) is 48.9 Å². The van der Waals surface area contributed by atoms with Gasteiger partial charge in [-0.1, -0.05) is 42.5 Å². The lowest BCUT2D eigenvalue weighted by atomic mass is 10.2. The lowest BCUT2D eigenvalue weighted by Gasteiger charge is -2.10. The second-order valence-electron chi connectivity index (χ2n) is 8.82. The van der Waals surface area contributed by atoms with Crippen LogP contribution in [0, 0.1) is 0 Å². The molecule has 3 aromatic carbocycles. The summed E-state index contributed by atoms with van der Waals surface area (Å²) < 4.78 is 54.0. The zero-order valence-corrected chi connectivity index (χ0v) is 21.1. The summed E-state index contributed by atoms with van der Waals surface area (Å²) in [6, 6.07) is 22.7. The molecule has 0 bridgehead atoms. The van der Waals surface area contributed by atoms with Crippen LogP contribution < -0.4 is 15.8 Å². The van der Waals surface area contributed by atoms with Crippen molar-refractivity contribution in [1.82, 2.24) is 25.3 Å². The lowest BCUT2D eigenvalue weighted by molar-refractivity contribution is -0.141. The Morgan fingerprint density at radius 2 is 1.73 bits per heavy atom. The standard InChI is InChI=1S/C28H23F3N6O3/c1-17(32)25(38)33-16-18-8-7-9-19(14-18)37-22(15-24(36-37)28(29,30)31)27-35-34-26(40-27)21-12-5-6-13-23(21)39-20-10-3-2-4-11-20/h2-15,17H,16,32H2,1H3,(H,33,38)/t17-/m0/s1. The third kappa shape index (κ3) is 5.86. The maximum atomic E-state index is 13.7. The predicted octanol–water partition coefficient (Wildman–Crippen LogP) is 5.36. The number of aromatic nitrogens is 4. The summed E-state index contributed by atoms with van der Waals surface area (Å²) in [5.41, 5.74) is 5.76. The first kappa shape index (κ1) is 26.6. The van der Waals surface area contributed by atoms with Crippen molar-refractivity contribution in [3.63, 3.8) is 0 Å². The van der Waals surface area contributed by atoms with Crippen LogP contribution in [0.5, 0.6) is 11.5 Å². The van der Waals surface area contributed by atoms with Crippen molar-refractivity contribution >= 4 is 5.91 Å². The van der Waals surface area contributed by atoms with E-state index in [-0.39, 0.29) is 29.9 Å². The van der Waals surface area contributed by atoms with E-state index in [1.165, 1.54) is 0 Å². The molecule has 0 saturated carbocycles. The van der Waals surface area contributed by atoms with Gasteiger partial charge in [-0.15, -0.1) is 10.2 Å². The molecule has 9 nitrogen and oxygen atoms in total. The first-order valence-corrected chi connectivity index (χ1v) is 12.1. The fourth-order valence-corrected chi connectivity index (χ4v) is 3.80. The first-order chi connectivity index (χ1) is 19.2. The number of para-hydroxylation sites is 2. The Morgan fingerprint density at radius 3 is 2.48 bits per heavy atom. The number of carbonyl (C=O) groups is 1. The molecule has 0 unspecified atom stereocenters. The van der Waals surface area contributed by atoms with Crippen LogP contribution in [-0.4, -0.2) is 31.9 Å². The highest BCUT2D eigenvalue weighted by Gasteiger charge is 2.36. The summed E-state index contributed by atoms with van der Waals surface area (Å²) in [5, 5.41) is 14.5. The highest BCUT2D eigenvalue weighted by molar-refractivity contribution is 5.80. The minimum atomic E-state index is -4.72. The molecule has 12 heteroatoms. The zero-order valence-electron chi connectivity index (χ0n) is 21.1. The number of ether oxygens (including phenoxy) is 1. The molecule has 2 aromatic heterocycles. The van der Waals surface area contributed by atoms with Crippen molar-refractivity contribution in [2.75, 3.05) is 0 Å². The number of nitrogens with one attached hydrogen (secondary N) is 1. The van der Waals surface area contributed by atoms with Crippen LogP contribution in [0.25, 0.3) is 28.7 Å². The molecule has 5 rings (SSSR count). The average molecular weight is 549 g/mol. The van der Waals surface area contributed by atoms with Gasteiger partial charge in [0.25, 0.3) is 11.8 Å². The van der Waals surface area contributed by atoms with Gasteiger partial charge in [0.05, 0.1) is 17.3 Å². The fraction of sp³-hybridized carbons (Fsp3) is 0.143. The molecule has 2 heterocycles. The van der Waals surface area contributed by atoms with E-state index in [0.29, 0.717) is 28.3 Å². The maximum absolute atomic E-state index is 13.7. The zero-order chi connectivity index (χ0) is 28.3. The topological polar surface area (TPSA) is 121 Å². The third-order valence-electron chi connectivity index (χ3n) is 5.77. The van der Waals surface area contributed by atoms with Crippen LogP contribution in [-0.2, 0) is 17.5 Å². The molecule has 3 N–H and O–H groups in total. The number of rotatable bonds is 8. The summed E-state index contributed by atoms with van der Waals surface area (Å²) >= 11 is 0. The Hall–Kier alpha value is -4.97. The smallest absolute Gasteiger partial charge is 0.435 e. The summed E-state index contributed by atoms with van der Waals surface area (Å²) in [7, 11) is 0. The van der Waals surface area contributed by atoms with Crippen molar-refractivity contribution in [1.29, 1.82) is 0 Å². The largest absolute Gasteiger partial charge is 0.457 e. The van der Waals surface area contributed by atoms with E-state index in [4.69, 9.17) is 14.9 Å². The quantitative estimate of drug-likeness (QED) is 0.268. The monoisotopic (exact) mass is 548 g/mol. The van der Waals surface area contributed by atoms with Gasteiger partial charge in [-0.2, -0.15) is 18.3 Å². The number of nitrogens with zero attached hydrogens (tertiary/aromatic N) is 4. The third-order valence-corrected chi connectivity index (χ3v) is 5.77. The van der Waals surface area contributed by atoms with Crippen LogP contribution in [0.3, 0.4) is 0 Å². The van der Waals surface area contributed by atoms with E-state index in [9.17, 15) is 18.0 Å². The molecule has 0 radical (unpaired) electrons. The number of nitrogens with two attached hydrogens (primary N) is 1. The number of carbonyl (C=O) groups excluding carboxylic acids is 1. The van der Waals surface area contributed by atoms with Gasteiger partial charge >= 0.3 is 6.18 Å². The highest BCUT2D eigenvalue weighted by atomic mass is 19.4. The van der Waals surface area contributed by atoms with Crippen LogP contribution in [0.15, 0.2) is 89.3 Å². The Morgan fingerprint density at radius 1 is 1.00 bits per heavy atom. The number of benzene rings is 3. The number of alkyl halides is 3. The summed E-state index contributed by atoms with van der Waals surface area (Å²) in [5.74, 6) is 0.521. The Labute approximate surface area is 226 Å². The molecule has 40 heavy (non-hydrogen) atoms. The Bertz CT molecular complexity index is 1630. The highest BCUT2D eigenvalue weighted by Crippen LogP contribution is 2.36. The Balaban J connectivity index is 1.51. The molecular formula is C28H23F3N6O3. The van der Waals surface area contributed by atoms with Gasteiger partial charge < -0.3 is 20.2 Å². The number of amides is 1. The van der Waals surface area contributed by atoms with Gasteiger partial charge in [0, 0.05) is 12.6 Å². The second kappa shape index (κ2) is 11.0. The first-order valence-electron chi connectivity index (χ1n) is 12.1. The Kier molecular flexibility index (Phi) is 7.34. The molecule has 0 aliphatic rings. The molecule has 0 fully saturated rings. The molecule has 0 saturated heterocycles. The number of halogens is 3. The van der Waals surface area contributed by atoms with Gasteiger partial charge in [-0.25, -0.2) is 4.68 Å². The minimum Gasteiger partial charge on any atom is -0.457 e. The molecule has 1 amide bonds. The SMILES string of the molecule is C[C@H](N)C(=O)NCc1cccc(-n2nc(C(F)(F)F)cc2-c2nnc(-c3ccccc3Oc3ccccc3)o2)c1. The van der Waals surface area contributed by atoms with Gasteiger partial charge in [0.15, 0.2) is 5.69 Å². The minimum absolute atomic E-state index is 0.0511. The molecule has 0 aliphatic carbocycles. The van der Waals surface area contributed by atoms with E-state index < -0.39 is 17.9 Å². The molecule has 0 spiro atoms. The number of hydrogen-bond donors (Lipinski definition) is 2. The van der Waals surface area contributed by atoms with Gasteiger partial charge in [0.1, 0.15) is 17.2 Å². The van der Waals surface area contributed by atoms with Crippen molar-refractivity contribution in [2.45, 2.75) is 25.7 Å². The maximum Gasteiger partial charge on any atom is 0.435 e. The molecule has 1 atom stereocenters. The van der Waals surface area contributed by atoms with E-state index in [0.717, 1.165) is 10.7 Å². The van der Waals surface area contributed by atoms with Crippen LogP contribution in [0.1, 0.15) is 18.2 Å². The normalized spacial score (nSPS) is 12.2. The van der Waals surface area contributed by atoms with Crippen LogP contribution in [0.4, 0.5) is 13.2 Å². The van der Waals surface area contributed by atoms with Gasteiger partial charge in [0.2, 0.25) is 5.91 Å². The van der Waals surface area contributed by atoms with Gasteiger partial charge in [-0.3, -0.25) is 4.79 Å². The van der Waals surface area contributed by atoms with E-state index in [1.54, 1.807) is 67.6 Å². The second-order valence-corrected chi connectivity index (χ2v) is 8.82. The van der Waals surface area contributed by atoms with E-state index >= 15 is 0 Å². The predicted molar refractivity (Wildman–Crippen MR) is 139 cm³/mol. The summed E-state index contributed by atoms with van der Waals surface area (Å²) in [6.07, 6.45) is -4.72. The van der Waals surface area contributed by atoms with Crippen LogP contribution >= 0.6 is 0 Å². The van der Waals surface area contributed by atoms with Crippen molar-refractivity contribution in [2.24, 2.45) is 5.73 Å². The summed E-state index contributed by atoms with van der Waals surface area (Å²) in [4.78, 5) is 11.9. The average Bonchev–Trinajstić information content (AvgIpc) is 3.61. The van der Waals surface area contributed by atoms with Crippen molar-refractivity contribution in [3.8, 4) is 40.2 Å². The van der Waals surface area contributed by atoms with Crippen molar-refractivity contribution in [3.05, 3.63) is 96.2 Å². The van der Waals surface area contributed by atoms with E-state index in [2.05, 4.69) is 20.6 Å². The van der Waals surface area contributed by atoms with Crippen molar-refractivity contribution < 1.29 is 27.1 Å². The number of hydrogen-bond acceptors (Lipinski definition) is 7. The molecule has 204 valence electrons. The fourth-order valence-electron chi connectivity index (χ4n) is 3.80.